The molecule has 0 aliphatic rings. The molecule has 0 amide bonds. The maximum absolute atomic E-state index is 6.07. The zero-order valence-electron chi connectivity index (χ0n) is 10.4. The van der Waals surface area contributed by atoms with Gasteiger partial charge in [0.2, 0.25) is 0 Å². The number of likely N-dealkylation sites (N-methyl/N-ethyl adjacent to an activating group) is 1. The fourth-order valence-electron chi connectivity index (χ4n) is 1.38. The van der Waals surface area contributed by atoms with Crippen LogP contribution < -0.4 is 11.1 Å². The zero-order chi connectivity index (χ0) is 13.0. The second kappa shape index (κ2) is 6.34. The highest BCUT2D eigenvalue weighted by molar-refractivity contribution is 6.39. The van der Waals surface area contributed by atoms with Gasteiger partial charge in [-0.15, -0.1) is 0 Å². The average molecular weight is 276 g/mol. The average Bonchev–Trinajstić information content (AvgIpc) is 2.21. The van der Waals surface area contributed by atoms with Gasteiger partial charge in [-0.05, 0) is 33.0 Å². The molecule has 0 unspecified atom stereocenters. The monoisotopic (exact) mass is 275 g/mol. The van der Waals surface area contributed by atoms with Crippen molar-refractivity contribution in [2.45, 2.75) is 19.9 Å². The summed E-state index contributed by atoms with van der Waals surface area (Å²) in [5.74, 6) is 0. The smallest absolute Gasteiger partial charge is 0.0720 e. The molecule has 3 nitrogen and oxygen atoms in total. The summed E-state index contributed by atoms with van der Waals surface area (Å²) in [6, 6.07) is 3.92. The first-order valence-electron chi connectivity index (χ1n) is 5.60. The maximum atomic E-state index is 6.07. The van der Waals surface area contributed by atoms with Crippen molar-refractivity contribution in [1.82, 2.24) is 4.90 Å². The van der Waals surface area contributed by atoms with Gasteiger partial charge in [0, 0.05) is 24.8 Å². The predicted octanol–water partition coefficient (Wildman–Crippen LogP) is 3.33. The summed E-state index contributed by atoms with van der Waals surface area (Å²) in [6.45, 7) is 6.03. The summed E-state index contributed by atoms with van der Waals surface area (Å²) in [4.78, 5) is 2.24. The Balaban J connectivity index is 2.58. The number of nitrogens with one attached hydrogen (secondary N) is 1. The third-order valence-electron chi connectivity index (χ3n) is 2.71. The van der Waals surface area contributed by atoms with E-state index in [1.807, 2.05) is 0 Å². The SMILES string of the molecule is CC(C)N(C)CCNc1c(Cl)cc(N)cc1Cl. The molecule has 0 heterocycles. The number of anilines is 2. The number of nitrogens with zero attached hydrogens (tertiary/aromatic N) is 1. The maximum Gasteiger partial charge on any atom is 0.0720 e. The third kappa shape index (κ3) is 4.26. The van der Waals surface area contributed by atoms with Gasteiger partial charge in [0.05, 0.1) is 15.7 Å². The van der Waals surface area contributed by atoms with Crippen LogP contribution in [0.3, 0.4) is 0 Å². The molecule has 0 aliphatic carbocycles. The summed E-state index contributed by atoms with van der Waals surface area (Å²) in [5, 5.41) is 4.35. The Morgan fingerprint density at radius 3 is 2.29 bits per heavy atom. The van der Waals surface area contributed by atoms with E-state index in [2.05, 4.69) is 31.1 Å². The minimum atomic E-state index is 0.522. The highest BCUT2D eigenvalue weighted by atomic mass is 35.5. The molecule has 5 heteroatoms. The molecular weight excluding hydrogens is 257 g/mol. The number of rotatable bonds is 5. The second-order valence-corrected chi connectivity index (χ2v) is 5.18. The number of halogens is 2. The van der Waals surface area contributed by atoms with Crippen molar-refractivity contribution in [3.63, 3.8) is 0 Å². The Bertz CT molecular complexity index is 357. The van der Waals surface area contributed by atoms with Gasteiger partial charge in [0.1, 0.15) is 0 Å². The van der Waals surface area contributed by atoms with Crippen LogP contribution in [-0.4, -0.2) is 31.1 Å². The third-order valence-corrected chi connectivity index (χ3v) is 3.31. The normalized spacial score (nSPS) is 11.2. The Morgan fingerprint density at radius 1 is 1.29 bits per heavy atom. The number of hydrogen-bond acceptors (Lipinski definition) is 3. The van der Waals surface area contributed by atoms with Gasteiger partial charge in [-0.1, -0.05) is 23.2 Å². The molecule has 0 saturated heterocycles. The first kappa shape index (κ1) is 14.4. The topological polar surface area (TPSA) is 41.3 Å². The first-order chi connectivity index (χ1) is 7.91. The molecule has 0 aromatic heterocycles. The van der Waals surface area contributed by atoms with Crippen LogP contribution >= 0.6 is 23.2 Å². The summed E-state index contributed by atoms with van der Waals surface area (Å²) in [6.07, 6.45) is 0. The zero-order valence-corrected chi connectivity index (χ0v) is 11.9. The van der Waals surface area contributed by atoms with Crippen molar-refractivity contribution in [2.24, 2.45) is 0 Å². The van der Waals surface area contributed by atoms with E-state index in [9.17, 15) is 0 Å². The largest absolute Gasteiger partial charge is 0.399 e. The molecule has 0 spiro atoms. The van der Waals surface area contributed by atoms with E-state index in [1.54, 1.807) is 12.1 Å². The lowest BCUT2D eigenvalue weighted by atomic mass is 10.2. The van der Waals surface area contributed by atoms with Crippen LogP contribution in [-0.2, 0) is 0 Å². The quantitative estimate of drug-likeness (QED) is 0.810. The second-order valence-electron chi connectivity index (χ2n) is 4.36. The Labute approximate surface area is 113 Å². The Morgan fingerprint density at radius 2 is 1.82 bits per heavy atom. The van der Waals surface area contributed by atoms with Crippen LogP contribution in [0.15, 0.2) is 12.1 Å². The van der Waals surface area contributed by atoms with Crippen molar-refractivity contribution in [1.29, 1.82) is 0 Å². The van der Waals surface area contributed by atoms with Crippen molar-refractivity contribution in [2.75, 3.05) is 31.2 Å². The van der Waals surface area contributed by atoms with Crippen LogP contribution in [0.4, 0.5) is 11.4 Å². The van der Waals surface area contributed by atoms with Crippen molar-refractivity contribution >= 4 is 34.6 Å². The minimum absolute atomic E-state index is 0.522. The number of nitrogen functional groups attached to an aromatic ring is 1. The van der Waals surface area contributed by atoms with E-state index in [-0.39, 0.29) is 0 Å². The van der Waals surface area contributed by atoms with Crippen molar-refractivity contribution in [3.8, 4) is 0 Å². The predicted molar refractivity (Wildman–Crippen MR) is 77.1 cm³/mol. The molecular formula is C12H19Cl2N3. The highest BCUT2D eigenvalue weighted by Crippen LogP contribution is 2.32. The molecule has 0 aliphatic heterocycles. The lowest BCUT2D eigenvalue weighted by Gasteiger charge is -2.21. The lowest BCUT2D eigenvalue weighted by molar-refractivity contribution is 0.284. The van der Waals surface area contributed by atoms with Gasteiger partial charge in [0.25, 0.3) is 0 Å². The van der Waals surface area contributed by atoms with Crippen LogP contribution in [0.2, 0.25) is 10.0 Å². The van der Waals surface area contributed by atoms with Gasteiger partial charge in [0.15, 0.2) is 0 Å². The molecule has 0 bridgehead atoms. The van der Waals surface area contributed by atoms with E-state index < -0.39 is 0 Å². The van der Waals surface area contributed by atoms with E-state index in [0.29, 0.717) is 21.8 Å². The van der Waals surface area contributed by atoms with Gasteiger partial charge in [-0.3, -0.25) is 0 Å². The summed E-state index contributed by atoms with van der Waals surface area (Å²) >= 11 is 12.1. The van der Waals surface area contributed by atoms with Crippen LogP contribution in [0.25, 0.3) is 0 Å². The fraction of sp³-hybridized carbons (Fsp3) is 0.500. The van der Waals surface area contributed by atoms with E-state index in [0.717, 1.165) is 18.8 Å². The van der Waals surface area contributed by atoms with Crippen molar-refractivity contribution in [3.05, 3.63) is 22.2 Å². The van der Waals surface area contributed by atoms with Crippen LogP contribution in [0, 0.1) is 0 Å². The summed E-state index contributed by atoms with van der Waals surface area (Å²) in [7, 11) is 2.08. The minimum Gasteiger partial charge on any atom is -0.399 e. The molecule has 0 atom stereocenters. The summed E-state index contributed by atoms with van der Waals surface area (Å²) < 4.78 is 0. The fourth-order valence-corrected chi connectivity index (χ4v) is 2.01. The summed E-state index contributed by atoms with van der Waals surface area (Å²) in [5.41, 5.74) is 6.96. The van der Waals surface area contributed by atoms with E-state index in [1.165, 1.54) is 0 Å². The highest BCUT2D eigenvalue weighted by Gasteiger charge is 2.08. The molecule has 0 fully saturated rings. The standard InChI is InChI=1S/C12H19Cl2N3/c1-8(2)17(3)5-4-16-12-10(13)6-9(15)7-11(12)14/h6-8,16H,4-5,15H2,1-3H3. The molecule has 0 saturated carbocycles. The van der Waals surface area contributed by atoms with E-state index in [4.69, 9.17) is 28.9 Å². The van der Waals surface area contributed by atoms with Gasteiger partial charge in [-0.25, -0.2) is 0 Å². The molecule has 96 valence electrons. The van der Waals surface area contributed by atoms with Crippen LogP contribution in [0.1, 0.15) is 13.8 Å². The Kier molecular flexibility index (Phi) is 5.37. The molecule has 1 aromatic rings. The first-order valence-corrected chi connectivity index (χ1v) is 6.36. The van der Waals surface area contributed by atoms with Gasteiger partial charge < -0.3 is 16.0 Å². The molecule has 17 heavy (non-hydrogen) atoms. The lowest BCUT2D eigenvalue weighted by Crippen LogP contribution is -2.31. The van der Waals surface area contributed by atoms with Gasteiger partial charge >= 0.3 is 0 Å². The number of benzene rings is 1. The molecule has 3 N–H and O–H groups in total. The van der Waals surface area contributed by atoms with Crippen LogP contribution in [0.5, 0.6) is 0 Å². The number of hydrogen-bond donors (Lipinski definition) is 2. The molecule has 1 aromatic carbocycles. The van der Waals surface area contributed by atoms with Crippen molar-refractivity contribution < 1.29 is 0 Å². The number of nitrogens with two attached hydrogens (primary N) is 1. The van der Waals surface area contributed by atoms with E-state index >= 15 is 0 Å². The Hall–Kier alpha value is -0.640. The molecule has 0 radical (unpaired) electrons. The van der Waals surface area contributed by atoms with Gasteiger partial charge in [-0.2, -0.15) is 0 Å². The molecule has 1 rings (SSSR count).